The molecule has 2 rings (SSSR count). The molecule has 2 aromatic heterocycles. The van der Waals surface area contributed by atoms with Crippen LogP contribution in [0.5, 0.6) is 0 Å². The van der Waals surface area contributed by atoms with Crippen molar-refractivity contribution in [3.05, 3.63) is 39.9 Å². The number of halogens is 1. The standard InChI is InChI=1S/C13H18BrN5/c1-4-7-16-11(10-6-5-8-15-9(10)2)12-13(14)17-18-19(12)3/h5-6,8,11,16H,4,7H2,1-3H3. The van der Waals surface area contributed by atoms with Crippen LogP contribution in [0.25, 0.3) is 0 Å². The van der Waals surface area contributed by atoms with E-state index >= 15 is 0 Å². The summed E-state index contributed by atoms with van der Waals surface area (Å²) in [4.78, 5) is 4.37. The van der Waals surface area contributed by atoms with Crippen LogP contribution in [0.1, 0.15) is 36.3 Å². The zero-order chi connectivity index (χ0) is 13.8. The van der Waals surface area contributed by atoms with Crippen LogP contribution in [-0.2, 0) is 7.05 Å². The SMILES string of the molecule is CCCNC(c1cccnc1C)c1c(Br)nnn1C. The number of hydrogen-bond donors (Lipinski definition) is 1. The van der Waals surface area contributed by atoms with E-state index in [4.69, 9.17) is 0 Å². The Morgan fingerprint density at radius 1 is 1.47 bits per heavy atom. The van der Waals surface area contributed by atoms with Gasteiger partial charge in [0.15, 0.2) is 4.60 Å². The highest BCUT2D eigenvalue weighted by Gasteiger charge is 2.22. The lowest BCUT2D eigenvalue weighted by molar-refractivity contribution is 0.546. The molecule has 1 N–H and O–H groups in total. The van der Waals surface area contributed by atoms with Crippen molar-refractivity contribution in [1.82, 2.24) is 25.3 Å². The first-order valence-corrected chi connectivity index (χ1v) is 7.14. The monoisotopic (exact) mass is 323 g/mol. The average Bonchev–Trinajstić information content (AvgIpc) is 2.73. The van der Waals surface area contributed by atoms with Gasteiger partial charge in [-0.2, -0.15) is 0 Å². The summed E-state index contributed by atoms with van der Waals surface area (Å²) in [5.74, 6) is 0. The zero-order valence-electron chi connectivity index (χ0n) is 11.4. The largest absolute Gasteiger partial charge is 0.305 e. The molecule has 0 radical (unpaired) electrons. The van der Waals surface area contributed by atoms with E-state index in [1.54, 1.807) is 4.68 Å². The summed E-state index contributed by atoms with van der Waals surface area (Å²) in [5, 5.41) is 11.7. The smallest absolute Gasteiger partial charge is 0.153 e. The molecule has 0 bridgehead atoms. The van der Waals surface area contributed by atoms with Gasteiger partial charge in [-0.05, 0) is 47.4 Å². The fraction of sp³-hybridized carbons (Fsp3) is 0.462. The summed E-state index contributed by atoms with van der Waals surface area (Å²) < 4.78 is 2.57. The minimum absolute atomic E-state index is 0.0445. The van der Waals surface area contributed by atoms with Gasteiger partial charge in [-0.15, -0.1) is 5.10 Å². The summed E-state index contributed by atoms with van der Waals surface area (Å²) in [6, 6.07) is 4.10. The van der Waals surface area contributed by atoms with E-state index in [1.165, 1.54) is 0 Å². The highest BCUT2D eigenvalue weighted by atomic mass is 79.9. The quantitative estimate of drug-likeness (QED) is 0.917. The van der Waals surface area contributed by atoms with Crippen molar-refractivity contribution in [2.24, 2.45) is 7.05 Å². The lowest BCUT2D eigenvalue weighted by Gasteiger charge is -2.20. The Morgan fingerprint density at radius 3 is 2.84 bits per heavy atom. The van der Waals surface area contributed by atoms with E-state index in [2.05, 4.69) is 49.5 Å². The van der Waals surface area contributed by atoms with Crippen LogP contribution in [0, 0.1) is 6.92 Å². The first-order chi connectivity index (χ1) is 9.15. The third-order valence-corrected chi connectivity index (χ3v) is 3.62. The highest BCUT2D eigenvalue weighted by molar-refractivity contribution is 9.10. The number of pyridine rings is 1. The van der Waals surface area contributed by atoms with Crippen LogP contribution in [0.3, 0.4) is 0 Å². The summed E-state index contributed by atoms with van der Waals surface area (Å²) in [7, 11) is 1.90. The molecule has 0 aliphatic rings. The normalized spacial score (nSPS) is 12.6. The third-order valence-electron chi connectivity index (χ3n) is 3.06. The fourth-order valence-electron chi connectivity index (χ4n) is 2.09. The molecule has 0 saturated carbocycles. The minimum Gasteiger partial charge on any atom is -0.305 e. The molecular formula is C13H18BrN5. The maximum Gasteiger partial charge on any atom is 0.153 e. The predicted molar refractivity (Wildman–Crippen MR) is 77.8 cm³/mol. The van der Waals surface area contributed by atoms with E-state index in [-0.39, 0.29) is 6.04 Å². The fourth-order valence-corrected chi connectivity index (χ4v) is 2.65. The summed E-state index contributed by atoms with van der Waals surface area (Å²) in [6.07, 6.45) is 2.88. The van der Waals surface area contributed by atoms with Crippen molar-refractivity contribution in [3.8, 4) is 0 Å². The van der Waals surface area contributed by atoms with Gasteiger partial charge in [0.2, 0.25) is 0 Å². The Hall–Kier alpha value is -1.27. The Labute approximate surface area is 121 Å². The molecule has 19 heavy (non-hydrogen) atoms. The second-order valence-corrected chi connectivity index (χ2v) is 5.21. The molecular weight excluding hydrogens is 306 g/mol. The molecule has 2 aromatic rings. The molecule has 6 heteroatoms. The molecule has 0 amide bonds. The van der Waals surface area contributed by atoms with Gasteiger partial charge in [0.05, 0.1) is 11.7 Å². The lowest BCUT2D eigenvalue weighted by atomic mass is 10.0. The van der Waals surface area contributed by atoms with Crippen molar-refractivity contribution >= 4 is 15.9 Å². The second kappa shape index (κ2) is 6.25. The first kappa shape index (κ1) is 14.1. The number of nitrogens with zero attached hydrogens (tertiary/aromatic N) is 4. The molecule has 0 aromatic carbocycles. The number of aryl methyl sites for hydroxylation is 2. The first-order valence-electron chi connectivity index (χ1n) is 6.35. The van der Waals surface area contributed by atoms with Gasteiger partial charge in [0.25, 0.3) is 0 Å². The number of rotatable bonds is 5. The van der Waals surface area contributed by atoms with Crippen molar-refractivity contribution in [3.63, 3.8) is 0 Å². The van der Waals surface area contributed by atoms with Crippen molar-refractivity contribution in [1.29, 1.82) is 0 Å². The predicted octanol–water partition coefficient (Wildman–Crippen LogP) is 2.37. The summed E-state index contributed by atoms with van der Waals surface area (Å²) in [5.41, 5.74) is 3.19. The maximum atomic E-state index is 4.37. The van der Waals surface area contributed by atoms with Gasteiger partial charge in [-0.1, -0.05) is 18.2 Å². The van der Waals surface area contributed by atoms with Crippen LogP contribution in [-0.4, -0.2) is 26.5 Å². The molecule has 0 fully saturated rings. The van der Waals surface area contributed by atoms with E-state index < -0.39 is 0 Å². The van der Waals surface area contributed by atoms with Gasteiger partial charge in [-0.3, -0.25) is 4.98 Å². The van der Waals surface area contributed by atoms with Gasteiger partial charge in [-0.25, -0.2) is 4.68 Å². The lowest BCUT2D eigenvalue weighted by Crippen LogP contribution is -2.26. The molecule has 5 nitrogen and oxygen atoms in total. The van der Waals surface area contributed by atoms with Crippen LogP contribution in [0.2, 0.25) is 0 Å². The molecule has 1 atom stereocenters. The maximum absolute atomic E-state index is 4.37. The van der Waals surface area contributed by atoms with Crippen LogP contribution < -0.4 is 5.32 Å². The van der Waals surface area contributed by atoms with Gasteiger partial charge in [0, 0.05) is 18.9 Å². The molecule has 2 heterocycles. The van der Waals surface area contributed by atoms with E-state index in [9.17, 15) is 0 Å². The molecule has 0 spiro atoms. The van der Waals surface area contributed by atoms with Gasteiger partial charge >= 0.3 is 0 Å². The molecule has 1 unspecified atom stereocenters. The summed E-state index contributed by atoms with van der Waals surface area (Å²) >= 11 is 3.48. The Kier molecular flexibility index (Phi) is 4.66. The minimum atomic E-state index is 0.0445. The van der Waals surface area contributed by atoms with Crippen LogP contribution in [0.15, 0.2) is 22.9 Å². The third kappa shape index (κ3) is 3.01. The molecule has 0 saturated heterocycles. The van der Waals surface area contributed by atoms with Gasteiger partial charge < -0.3 is 5.32 Å². The Morgan fingerprint density at radius 2 is 2.26 bits per heavy atom. The number of aromatic nitrogens is 4. The summed E-state index contributed by atoms with van der Waals surface area (Å²) in [6.45, 7) is 5.10. The van der Waals surface area contributed by atoms with Crippen LogP contribution >= 0.6 is 15.9 Å². The van der Waals surface area contributed by atoms with E-state index in [0.29, 0.717) is 0 Å². The molecule has 102 valence electrons. The van der Waals surface area contributed by atoms with Crippen LogP contribution in [0.4, 0.5) is 0 Å². The van der Waals surface area contributed by atoms with E-state index in [1.807, 2.05) is 26.2 Å². The zero-order valence-corrected chi connectivity index (χ0v) is 13.0. The molecule has 0 aliphatic carbocycles. The van der Waals surface area contributed by atoms with Gasteiger partial charge in [0.1, 0.15) is 0 Å². The highest BCUT2D eigenvalue weighted by Crippen LogP contribution is 2.27. The van der Waals surface area contributed by atoms with Crippen molar-refractivity contribution in [2.75, 3.05) is 6.54 Å². The average molecular weight is 324 g/mol. The topological polar surface area (TPSA) is 55.6 Å². The van der Waals surface area contributed by atoms with E-state index in [0.717, 1.165) is 34.5 Å². The van der Waals surface area contributed by atoms with Crippen molar-refractivity contribution < 1.29 is 0 Å². The number of nitrogens with one attached hydrogen (secondary N) is 1. The molecule has 0 aliphatic heterocycles. The Balaban J connectivity index is 2.45. The second-order valence-electron chi connectivity index (χ2n) is 4.45. The number of hydrogen-bond acceptors (Lipinski definition) is 4. The Bertz CT molecular complexity index is 532. The van der Waals surface area contributed by atoms with Crippen molar-refractivity contribution in [2.45, 2.75) is 26.3 Å².